The molecule has 0 radical (unpaired) electrons. The van der Waals surface area contributed by atoms with Gasteiger partial charge in [-0.2, -0.15) is 13.2 Å². The number of halogens is 3. The van der Waals surface area contributed by atoms with Gasteiger partial charge in [0.25, 0.3) is 0 Å². The summed E-state index contributed by atoms with van der Waals surface area (Å²) in [5, 5.41) is 8.78. The van der Waals surface area contributed by atoms with Crippen molar-refractivity contribution in [2.24, 2.45) is 0 Å². The Morgan fingerprint density at radius 1 is 0.967 bits per heavy atom. The van der Waals surface area contributed by atoms with E-state index in [0.717, 1.165) is 30.3 Å². The van der Waals surface area contributed by atoms with Crippen LogP contribution in [0.15, 0.2) is 0 Å². The van der Waals surface area contributed by atoms with Crippen LogP contribution in [0.3, 0.4) is 0 Å². The third-order valence-corrected chi connectivity index (χ3v) is 5.27. The van der Waals surface area contributed by atoms with Crippen LogP contribution in [-0.2, 0) is 32.5 Å². The van der Waals surface area contributed by atoms with E-state index < -0.39 is 20.0 Å². The zero-order valence-corrected chi connectivity index (χ0v) is 19.1. The van der Waals surface area contributed by atoms with Gasteiger partial charge >= 0.3 is 20.0 Å². The van der Waals surface area contributed by atoms with Gasteiger partial charge in [-0.25, -0.2) is 4.57 Å². The second-order valence-corrected chi connectivity index (χ2v) is 8.34. The van der Waals surface area contributed by atoms with Crippen molar-refractivity contribution >= 4 is 19.8 Å². The number of carbonyl (C=O) groups excluding carboxylic acids is 2. The fourth-order valence-electron chi connectivity index (χ4n) is 2.03. The maximum Gasteiger partial charge on any atom is 0.474 e. The van der Waals surface area contributed by atoms with Crippen molar-refractivity contribution in [3.05, 3.63) is 0 Å². The number of carboxylic acid groups (broad SMARTS) is 1. The first-order valence-electron chi connectivity index (χ1n) is 9.43. The number of rotatable bonds is 14. The van der Waals surface area contributed by atoms with E-state index in [1.54, 1.807) is 13.8 Å². The number of esters is 1. The number of phosphoric acid groups is 1. The van der Waals surface area contributed by atoms with E-state index in [9.17, 15) is 22.5 Å². The Kier molecular flexibility index (Phi) is 16.1. The first-order valence-corrected chi connectivity index (χ1v) is 10.9. The zero-order valence-electron chi connectivity index (χ0n) is 18.2. The Balaban J connectivity index is 0. The minimum Gasteiger partial charge on any atom is -0.542 e. The Bertz CT molecular complexity index is 534. The summed E-state index contributed by atoms with van der Waals surface area (Å²) < 4.78 is 64.6. The monoisotopic (exact) mass is 467 g/mol. The number of carboxylic acids is 1. The van der Waals surface area contributed by atoms with Crippen LogP contribution in [0.2, 0.25) is 0 Å². The molecule has 0 aromatic heterocycles. The molecule has 0 amide bonds. The topological polar surface area (TPSA) is 111 Å². The van der Waals surface area contributed by atoms with Crippen LogP contribution < -0.4 is 5.11 Å². The first kappa shape index (κ1) is 31.0. The highest BCUT2D eigenvalue weighted by atomic mass is 31.2. The molecule has 0 aromatic carbocycles. The lowest BCUT2D eigenvalue weighted by Crippen LogP contribution is -2.43. The van der Waals surface area contributed by atoms with E-state index in [4.69, 9.17) is 23.5 Å². The lowest BCUT2D eigenvalue weighted by atomic mass is 10.2. The van der Waals surface area contributed by atoms with E-state index in [2.05, 4.69) is 18.8 Å². The Morgan fingerprint density at radius 2 is 1.47 bits per heavy atom. The van der Waals surface area contributed by atoms with Crippen LogP contribution in [0.4, 0.5) is 13.2 Å². The molecule has 0 saturated heterocycles. The van der Waals surface area contributed by atoms with Crippen molar-refractivity contribution in [3.63, 3.8) is 0 Å². The number of likely N-dealkylation sites (N-methyl/N-ethyl adjacent to an activating group) is 1. The molecule has 180 valence electrons. The lowest BCUT2D eigenvalue weighted by molar-refractivity contribution is -0.890. The van der Waals surface area contributed by atoms with Gasteiger partial charge in [-0.05, 0) is 33.1 Å². The summed E-state index contributed by atoms with van der Waals surface area (Å²) in [6.45, 7) is 6.06. The highest BCUT2D eigenvalue weighted by Crippen LogP contribution is 2.49. The molecule has 0 N–H and O–H groups in total. The number of alkyl halides is 3. The summed E-state index contributed by atoms with van der Waals surface area (Å²) in [6.07, 6.45) is -1.89. The molecule has 0 unspecified atom stereocenters. The number of aliphatic carboxylic acids is 1. The number of carbonyl (C=O) groups is 2. The summed E-state index contributed by atoms with van der Waals surface area (Å²) in [6, 6.07) is 0. The van der Waals surface area contributed by atoms with E-state index in [-0.39, 0.29) is 19.2 Å². The number of hydrogen-bond acceptors (Lipinski definition) is 8. The fraction of sp³-hybridized carbons (Fsp3) is 0.882. The molecule has 0 heterocycles. The average Bonchev–Trinajstić information content (AvgIpc) is 2.61. The van der Waals surface area contributed by atoms with Gasteiger partial charge in [0.15, 0.2) is 0 Å². The highest BCUT2D eigenvalue weighted by molar-refractivity contribution is 7.48. The summed E-state index contributed by atoms with van der Waals surface area (Å²) in [5.74, 6) is -3.16. The first-order chi connectivity index (χ1) is 13.7. The Labute approximate surface area is 175 Å². The van der Waals surface area contributed by atoms with Gasteiger partial charge in [0, 0.05) is 6.42 Å². The molecule has 0 bridgehead atoms. The van der Waals surface area contributed by atoms with Crippen LogP contribution in [-0.4, -0.2) is 76.7 Å². The predicted octanol–water partition coefficient (Wildman–Crippen LogP) is 2.29. The standard InChI is InChI=1S/C15H33NO6P.C2HF3O2/c1-6-20-23(18,21-7-2)22-14-13-16(3,4)12-10-8-9-11-15(17)19-5;3-2(4,5)1(6)7/h6-14H2,1-5H3;(H,6,7)/q+1;/p-1. The molecule has 0 aliphatic heterocycles. The number of methoxy groups -OCH3 is 1. The molecule has 0 spiro atoms. The summed E-state index contributed by atoms with van der Waals surface area (Å²) in [5.41, 5.74) is 0. The molecule has 0 aliphatic rings. The van der Waals surface area contributed by atoms with Gasteiger partial charge < -0.3 is 19.1 Å². The number of phosphoric ester groups is 1. The van der Waals surface area contributed by atoms with Crippen LogP contribution in [0.5, 0.6) is 0 Å². The van der Waals surface area contributed by atoms with Gasteiger partial charge in [-0.3, -0.25) is 18.4 Å². The summed E-state index contributed by atoms with van der Waals surface area (Å²) in [4.78, 5) is 19.8. The third kappa shape index (κ3) is 17.6. The predicted molar refractivity (Wildman–Crippen MR) is 100 cm³/mol. The van der Waals surface area contributed by atoms with E-state index in [0.29, 0.717) is 19.6 Å². The second-order valence-electron chi connectivity index (χ2n) is 6.67. The minimum absolute atomic E-state index is 0.158. The van der Waals surface area contributed by atoms with E-state index in [1.165, 1.54) is 7.11 Å². The fourth-order valence-corrected chi connectivity index (χ4v) is 3.19. The van der Waals surface area contributed by atoms with Crippen LogP contribution in [0.1, 0.15) is 39.5 Å². The van der Waals surface area contributed by atoms with Crippen molar-refractivity contribution in [2.75, 3.05) is 54.1 Å². The summed E-state index contributed by atoms with van der Waals surface area (Å²) >= 11 is 0. The quantitative estimate of drug-likeness (QED) is 0.166. The molecule has 30 heavy (non-hydrogen) atoms. The van der Waals surface area contributed by atoms with Crippen LogP contribution in [0, 0.1) is 0 Å². The Hall–Kier alpha value is -1.20. The maximum absolute atomic E-state index is 12.2. The lowest BCUT2D eigenvalue weighted by Gasteiger charge is -2.30. The largest absolute Gasteiger partial charge is 0.542 e. The Morgan fingerprint density at radius 3 is 1.87 bits per heavy atom. The maximum atomic E-state index is 12.2. The molecular formula is C17H33F3NO8P. The van der Waals surface area contributed by atoms with Crippen molar-refractivity contribution in [1.29, 1.82) is 0 Å². The van der Waals surface area contributed by atoms with E-state index in [1.807, 2.05) is 0 Å². The second kappa shape index (κ2) is 15.6. The molecule has 0 atom stereocenters. The SMILES string of the molecule is CCOP(=O)(OCC)OCC[N+](C)(C)CCCCCC(=O)OC.O=C([O-])C(F)(F)F. The van der Waals surface area contributed by atoms with Crippen molar-refractivity contribution in [3.8, 4) is 0 Å². The molecule has 9 nitrogen and oxygen atoms in total. The molecule has 0 rings (SSSR count). The molecule has 13 heteroatoms. The van der Waals surface area contributed by atoms with Crippen molar-refractivity contribution < 1.29 is 55.2 Å². The molecule has 0 saturated carbocycles. The number of unbranched alkanes of at least 4 members (excludes halogenated alkanes) is 2. The number of ether oxygens (including phenoxy) is 1. The molecule has 0 fully saturated rings. The van der Waals surface area contributed by atoms with Crippen LogP contribution >= 0.6 is 7.82 Å². The number of nitrogens with zero attached hydrogens (tertiary/aromatic N) is 1. The van der Waals surface area contributed by atoms with Gasteiger partial charge in [0.2, 0.25) is 0 Å². The van der Waals surface area contributed by atoms with E-state index >= 15 is 0 Å². The van der Waals surface area contributed by atoms with Gasteiger partial charge in [0.1, 0.15) is 19.1 Å². The van der Waals surface area contributed by atoms with Gasteiger partial charge in [-0.15, -0.1) is 0 Å². The number of hydrogen-bond donors (Lipinski definition) is 0. The number of quaternary nitrogens is 1. The molecular weight excluding hydrogens is 434 g/mol. The smallest absolute Gasteiger partial charge is 0.474 e. The van der Waals surface area contributed by atoms with Crippen LogP contribution in [0.25, 0.3) is 0 Å². The highest BCUT2D eigenvalue weighted by Gasteiger charge is 2.29. The van der Waals surface area contributed by atoms with Gasteiger partial charge in [-0.1, -0.05) is 0 Å². The summed E-state index contributed by atoms with van der Waals surface area (Å²) in [7, 11) is 2.18. The zero-order chi connectivity index (χ0) is 23.8. The minimum atomic E-state index is -5.19. The van der Waals surface area contributed by atoms with Crippen molar-refractivity contribution in [1.82, 2.24) is 0 Å². The van der Waals surface area contributed by atoms with Crippen molar-refractivity contribution in [2.45, 2.75) is 45.7 Å². The van der Waals surface area contributed by atoms with Gasteiger partial charge in [0.05, 0.1) is 41.0 Å². The molecule has 0 aliphatic carbocycles. The third-order valence-electron chi connectivity index (χ3n) is 3.62. The normalized spacial score (nSPS) is 12.1. The molecule has 0 aromatic rings. The average molecular weight is 467 g/mol.